The average Bonchev–Trinajstić information content (AvgIpc) is 2.35. The molecule has 0 saturated carbocycles. The molecule has 1 aromatic rings. The van der Waals surface area contributed by atoms with E-state index in [2.05, 4.69) is 4.74 Å². The number of carbonyl (C=O) groups excluding carboxylic acids is 1. The van der Waals surface area contributed by atoms with Gasteiger partial charge in [0.1, 0.15) is 6.07 Å². The third-order valence-corrected chi connectivity index (χ3v) is 3.19. The average molecular weight is 289 g/mol. The number of hydrogen-bond donors (Lipinski definition) is 0. The van der Waals surface area contributed by atoms with Gasteiger partial charge in [-0.15, -0.1) is 0 Å². The zero-order valence-electron chi connectivity index (χ0n) is 10.2. The zero-order valence-corrected chi connectivity index (χ0v) is 11.0. The van der Waals surface area contributed by atoms with Crippen LogP contribution < -0.4 is 0 Å². The number of carbonyl (C=O) groups is 1. The first-order chi connectivity index (χ1) is 8.84. The van der Waals surface area contributed by atoms with Crippen LogP contribution in [-0.4, -0.2) is 18.6 Å². The predicted molar refractivity (Wildman–Crippen MR) is 63.8 cm³/mol. The largest absolute Gasteiger partial charge is 0.465 e. The summed E-state index contributed by atoms with van der Waals surface area (Å²) < 4.78 is 41.8. The van der Waals surface area contributed by atoms with E-state index in [1.165, 1.54) is 12.1 Å². The summed E-state index contributed by atoms with van der Waals surface area (Å²) in [6.45, 7) is 1.61. The van der Waals surface area contributed by atoms with Crippen LogP contribution in [0.5, 0.6) is 0 Å². The minimum absolute atomic E-state index is 0.00947. The second kappa shape index (κ2) is 5.97. The summed E-state index contributed by atoms with van der Waals surface area (Å²) in [5.74, 6) is -0.807. The number of benzene rings is 1. The van der Waals surface area contributed by atoms with E-state index >= 15 is 0 Å². The Hall–Kier alpha value is -1.68. The van der Waals surface area contributed by atoms with Crippen molar-refractivity contribution in [1.82, 2.24) is 0 Å². The fourth-order valence-electron chi connectivity index (χ4n) is 1.63. The molecule has 0 saturated heterocycles. The van der Waals surface area contributed by atoms with Gasteiger partial charge in [0.15, 0.2) is 0 Å². The van der Waals surface area contributed by atoms with Crippen molar-refractivity contribution in [2.75, 3.05) is 7.11 Å². The molecule has 0 bridgehead atoms. The number of ether oxygens (including phenoxy) is 1. The van der Waals surface area contributed by atoms with Crippen LogP contribution in [-0.2, 0) is 11.2 Å². The molecule has 0 unspecified atom stereocenters. The van der Waals surface area contributed by atoms with Crippen molar-refractivity contribution < 1.29 is 22.7 Å². The van der Waals surface area contributed by atoms with Crippen molar-refractivity contribution in [3.8, 4) is 6.07 Å². The zero-order chi connectivity index (χ0) is 14.6. The van der Waals surface area contributed by atoms with Crippen LogP contribution in [0.3, 0.4) is 0 Å². The van der Waals surface area contributed by atoms with E-state index in [4.69, 9.17) is 5.26 Å². The highest BCUT2D eigenvalue weighted by Crippen LogP contribution is 2.40. The fraction of sp³-hybridized carbons (Fsp3) is 0.333. The van der Waals surface area contributed by atoms with Crippen LogP contribution in [0.25, 0.3) is 0 Å². The second-order valence-electron chi connectivity index (χ2n) is 3.47. The van der Waals surface area contributed by atoms with E-state index in [0.717, 1.165) is 7.11 Å². The van der Waals surface area contributed by atoms with Crippen molar-refractivity contribution in [3.05, 3.63) is 28.8 Å². The second-order valence-corrected chi connectivity index (χ2v) is 4.58. The molecule has 102 valence electrons. The Morgan fingerprint density at radius 2 is 2.11 bits per heavy atom. The number of thioether (sulfide) groups is 1. The molecule has 0 amide bonds. The standard InChI is InChI=1S/C12H10F3NO2S/c1-3-8-9(19-12(13,14)15)5-4-7(6-16)10(8)11(17)18-2/h4-5H,3H2,1-2H3. The monoisotopic (exact) mass is 289 g/mol. The van der Waals surface area contributed by atoms with Crippen LogP contribution >= 0.6 is 11.8 Å². The van der Waals surface area contributed by atoms with Crippen LogP contribution in [0.15, 0.2) is 17.0 Å². The molecule has 0 heterocycles. The topological polar surface area (TPSA) is 50.1 Å². The van der Waals surface area contributed by atoms with Gasteiger partial charge in [-0.05, 0) is 35.9 Å². The highest BCUT2D eigenvalue weighted by molar-refractivity contribution is 8.00. The first-order valence-corrected chi connectivity index (χ1v) is 6.05. The summed E-state index contributed by atoms with van der Waals surface area (Å²) in [5, 5.41) is 8.92. The molecule has 3 nitrogen and oxygen atoms in total. The third kappa shape index (κ3) is 3.64. The summed E-state index contributed by atoms with van der Waals surface area (Å²) in [4.78, 5) is 11.5. The molecule has 0 aliphatic carbocycles. The highest BCUT2D eigenvalue weighted by atomic mass is 32.2. The van der Waals surface area contributed by atoms with E-state index in [-0.39, 0.29) is 39.8 Å². The number of rotatable bonds is 3. The number of nitrogens with zero attached hydrogens (tertiary/aromatic N) is 1. The summed E-state index contributed by atoms with van der Waals surface area (Å²) in [5.41, 5.74) is -4.36. The minimum Gasteiger partial charge on any atom is -0.465 e. The van der Waals surface area contributed by atoms with E-state index in [0.29, 0.717) is 0 Å². The fourth-order valence-corrected chi connectivity index (χ4v) is 2.38. The van der Waals surface area contributed by atoms with E-state index in [1.807, 2.05) is 0 Å². The molecule has 1 rings (SSSR count). The minimum atomic E-state index is -4.45. The van der Waals surface area contributed by atoms with Gasteiger partial charge in [-0.25, -0.2) is 4.79 Å². The molecule has 0 aliphatic heterocycles. The van der Waals surface area contributed by atoms with Gasteiger partial charge in [0.2, 0.25) is 0 Å². The summed E-state index contributed by atoms with van der Waals surface area (Å²) in [7, 11) is 1.12. The summed E-state index contributed by atoms with van der Waals surface area (Å²) in [6, 6.07) is 4.17. The lowest BCUT2D eigenvalue weighted by molar-refractivity contribution is -0.0328. The van der Waals surface area contributed by atoms with Crippen molar-refractivity contribution in [2.24, 2.45) is 0 Å². The van der Waals surface area contributed by atoms with E-state index < -0.39 is 11.5 Å². The van der Waals surface area contributed by atoms with Gasteiger partial charge in [0.05, 0.1) is 18.2 Å². The van der Waals surface area contributed by atoms with E-state index in [1.54, 1.807) is 13.0 Å². The normalized spacial score (nSPS) is 10.9. The number of hydrogen-bond acceptors (Lipinski definition) is 4. The number of methoxy groups -OCH3 is 1. The van der Waals surface area contributed by atoms with Gasteiger partial charge in [-0.3, -0.25) is 0 Å². The SMILES string of the molecule is CCc1c(SC(F)(F)F)ccc(C#N)c1C(=O)OC. The quantitative estimate of drug-likeness (QED) is 0.631. The molecule has 0 atom stereocenters. The number of esters is 1. The van der Waals surface area contributed by atoms with E-state index in [9.17, 15) is 18.0 Å². The summed E-state index contributed by atoms with van der Waals surface area (Å²) in [6.07, 6.45) is 0.193. The molecule has 0 fully saturated rings. The van der Waals surface area contributed by atoms with Crippen molar-refractivity contribution in [2.45, 2.75) is 23.7 Å². The Kier molecular flexibility index (Phi) is 4.84. The maximum Gasteiger partial charge on any atom is 0.446 e. The molecule has 19 heavy (non-hydrogen) atoms. The Labute approximate surface area is 112 Å². The first-order valence-electron chi connectivity index (χ1n) is 5.24. The van der Waals surface area contributed by atoms with Crippen LogP contribution in [0.2, 0.25) is 0 Å². The Bertz CT molecular complexity index is 535. The number of alkyl halides is 3. The molecule has 0 radical (unpaired) electrons. The molecule has 0 N–H and O–H groups in total. The Morgan fingerprint density at radius 1 is 1.47 bits per heavy atom. The smallest absolute Gasteiger partial charge is 0.446 e. The van der Waals surface area contributed by atoms with Gasteiger partial charge >= 0.3 is 11.5 Å². The Balaban J connectivity index is 3.45. The molecule has 0 aliphatic rings. The molecular weight excluding hydrogens is 279 g/mol. The lowest BCUT2D eigenvalue weighted by atomic mass is 10.00. The molecule has 0 spiro atoms. The molecular formula is C12H10F3NO2S. The lowest BCUT2D eigenvalue weighted by Gasteiger charge is -2.14. The lowest BCUT2D eigenvalue weighted by Crippen LogP contribution is -2.11. The van der Waals surface area contributed by atoms with Crippen molar-refractivity contribution in [3.63, 3.8) is 0 Å². The molecule has 1 aromatic carbocycles. The maximum atomic E-state index is 12.4. The predicted octanol–water partition coefficient (Wildman–Crippen LogP) is 3.52. The van der Waals surface area contributed by atoms with Gasteiger partial charge in [0.25, 0.3) is 0 Å². The first kappa shape index (κ1) is 15.4. The van der Waals surface area contributed by atoms with Crippen molar-refractivity contribution in [1.29, 1.82) is 5.26 Å². The van der Waals surface area contributed by atoms with Gasteiger partial charge in [-0.1, -0.05) is 6.92 Å². The number of nitriles is 1. The van der Waals surface area contributed by atoms with Crippen LogP contribution in [0.4, 0.5) is 13.2 Å². The third-order valence-electron chi connectivity index (χ3n) is 2.36. The molecule has 7 heteroatoms. The number of halogens is 3. The van der Waals surface area contributed by atoms with Crippen molar-refractivity contribution >= 4 is 17.7 Å². The van der Waals surface area contributed by atoms with Crippen LogP contribution in [0.1, 0.15) is 28.4 Å². The van der Waals surface area contributed by atoms with Crippen LogP contribution in [0, 0.1) is 11.3 Å². The van der Waals surface area contributed by atoms with Gasteiger partial charge < -0.3 is 4.74 Å². The summed E-state index contributed by atoms with van der Waals surface area (Å²) >= 11 is -0.304. The maximum absolute atomic E-state index is 12.4. The molecule has 0 aromatic heterocycles. The highest BCUT2D eigenvalue weighted by Gasteiger charge is 2.32. The van der Waals surface area contributed by atoms with Gasteiger partial charge in [0, 0.05) is 4.90 Å². The Morgan fingerprint density at radius 3 is 2.53 bits per heavy atom. The van der Waals surface area contributed by atoms with Gasteiger partial charge in [-0.2, -0.15) is 18.4 Å².